The van der Waals surface area contributed by atoms with Gasteiger partial charge in [0.25, 0.3) is 0 Å². The summed E-state index contributed by atoms with van der Waals surface area (Å²) in [5, 5.41) is 12.3. The van der Waals surface area contributed by atoms with Gasteiger partial charge in [0.2, 0.25) is 0 Å². The number of tetrazole rings is 1. The lowest BCUT2D eigenvalue weighted by Gasteiger charge is -2.17. The summed E-state index contributed by atoms with van der Waals surface area (Å²) in [5.41, 5.74) is 14.0. The molecule has 0 aliphatic heterocycles. The highest BCUT2D eigenvalue weighted by atomic mass is 15.6. The lowest BCUT2D eigenvalue weighted by Crippen LogP contribution is -2.16. The number of anilines is 2. The third kappa shape index (κ3) is 1.92. The van der Waals surface area contributed by atoms with Gasteiger partial charge in [-0.1, -0.05) is 0 Å². The molecule has 20 heavy (non-hydrogen) atoms. The van der Waals surface area contributed by atoms with Crippen LogP contribution in [0.3, 0.4) is 0 Å². The Hall–Kier alpha value is -2.11. The van der Waals surface area contributed by atoms with Crippen LogP contribution in [0.5, 0.6) is 0 Å². The number of rotatable bonds is 4. The van der Waals surface area contributed by atoms with Crippen LogP contribution < -0.4 is 11.5 Å². The molecule has 6 nitrogen and oxygen atoms in total. The number of hydrogen-bond acceptors (Lipinski definition) is 5. The first-order valence-corrected chi connectivity index (χ1v) is 7.17. The normalized spacial score (nSPS) is 18.6. The Labute approximate surface area is 117 Å². The number of nitrogens with two attached hydrogens (primary N) is 2. The SMILES string of the molecule is Nc1ccc(-c2nnnn2C(C2CC2)C2CC2)c(N)c1. The second kappa shape index (κ2) is 4.19. The van der Waals surface area contributed by atoms with Gasteiger partial charge in [-0.3, -0.25) is 0 Å². The molecule has 2 saturated carbocycles. The average molecular weight is 270 g/mol. The predicted molar refractivity (Wildman–Crippen MR) is 76.6 cm³/mol. The Kier molecular flexibility index (Phi) is 2.45. The van der Waals surface area contributed by atoms with Gasteiger partial charge in [0.05, 0.1) is 6.04 Å². The highest BCUT2D eigenvalue weighted by Crippen LogP contribution is 2.52. The fourth-order valence-electron chi connectivity index (χ4n) is 3.02. The van der Waals surface area contributed by atoms with Gasteiger partial charge in [-0.2, -0.15) is 0 Å². The van der Waals surface area contributed by atoms with E-state index in [-0.39, 0.29) is 0 Å². The molecule has 0 saturated heterocycles. The van der Waals surface area contributed by atoms with E-state index in [4.69, 9.17) is 11.5 Å². The first-order chi connectivity index (χ1) is 9.74. The van der Waals surface area contributed by atoms with E-state index in [1.807, 2.05) is 16.8 Å². The Balaban J connectivity index is 1.77. The molecule has 0 bridgehead atoms. The van der Waals surface area contributed by atoms with Crippen molar-refractivity contribution in [1.29, 1.82) is 0 Å². The summed E-state index contributed by atoms with van der Waals surface area (Å²) < 4.78 is 2.00. The minimum absolute atomic E-state index is 0.442. The van der Waals surface area contributed by atoms with Gasteiger partial charge < -0.3 is 11.5 Å². The van der Waals surface area contributed by atoms with Crippen LogP contribution in [0, 0.1) is 11.8 Å². The summed E-state index contributed by atoms with van der Waals surface area (Å²) in [4.78, 5) is 0. The second-order valence-corrected chi connectivity index (χ2v) is 5.96. The maximum atomic E-state index is 6.08. The van der Waals surface area contributed by atoms with Gasteiger partial charge in [0.15, 0.2) is 5.82 Å². The average Bonchev–Trinajstić information content (AvgIpc) is 3.31. The maximum Gasteiger partial charge on any atom is 0.184 e. The molecule has 6 heteroatoms. The third-order valence-corrected chi connectivity index (χ3v) is 4.30. The van der Waals surface area contributed by atoms with E-state index in [1.165, 1.54) is 25.7 Å². The van der Waals surface area contributed by atoms with Gasteiger partial charge >= 0.3 is 0 Å². The molecule has 1 heterocycles. The zero-order chi connectivity index (χ0) is 13.7. The van der Waals surface area contributed by atoms with E-state index < -0.39 is 0 Å². The smallest absolute Gasteiger partial charge is 0.184 e. The molecule has 0 amide bonds. The van der Waals surface area contributed by atoms with Crippen LogP contribution in [0.2, 0.25) is 0 Å². The number of nitrogen functional groups attached to an aromatic ring is 2. The Morgan fingerprint density at radius 2 is 1.80 bits per heavy atom. The molecule has 1 aromatic heterocycles. The van der Waals surface area contributed by atoms with Crippen molar-refractivity contribution in [3.8, 4) is 11.4 Å². The molecule has 2 fully saturated rings. The first-order valence-electron chi connectivity index (χ1n) is 7.17. The zero-order valence-corrected chi connectivity index (χ0v) is 11.2. The van der Waals surface area contributed by atoms with E-state index >= 15 is 0 Å². The predicted octanol–water partition coefficient (Wildman–Crippen LogP) is 1.87. The fourth-order valence-corrected chi connectivity index (χ4v) is 3.02. The monoisotopic (exact) mass is 270 g/mol. The number of hydrogen-bond donors (Lipinski definition) is 2. The summed E-state index contributed by atoms with van der Waals surface area (Å²) in [6, 6.07) is 5.95. The van der Waals surface area contributed by atoms with Crippen molar-refractivity contribution >= 4 is 11.4 Å². The first kappa shape index (κ1) is 11.7. The van der Waals surface area contributed by atoms with E-state index in [2.05, 4.69) is 15.5 Å². The van der Waals surface area contributed by atoms with Gasteiger partial charge in [-0.15, -0.1) is 5.10 Å². The molecule has 0 unspecified atom stereocenters. The van der Waals surface area contributed by atoms with Crippen LogP contribution >= 0.6 is 0 Å². The lowest BCUT2D eigenvalue weighted by atomic mass is 10.1. The fraction of sp³-hybridized carbons (Fsp3) is 0.500. The molecule has 104 valence electrons. The Morgan fingerprint density at radius 1 is 1.10 bits per heavy atom. The van der Waals surface area contributed by atoms with E-state index in [0.29, 0.717) is 17.4 Å². The second-order valence-electron chi connectivity index (χ2n) is 5.96. The topological polar surface area (TPSA) is 95.6 Å². The Bertz CT molecular complexity index is 629. The molecule has 0 spiro atoms. The quantitative estimate of drug-likeness (QED) is 0.827. The molecule has 2 aliphatic rings. The molecule has 2 aromatic rings. The number of nitrogens with zero attached hydrogens (tertiary/aromatic N) is 4. The summed E-state index contributed by atoms with van der Waals surface area (Å²) >= 11 is 0. The molecular formula is C14H18N6. The summed E-state index contributed by atoms with van der Waals surface area (Å²) in [6.45, 7) is 0. The molecule has 0 radical (unpaired) electrons. The summed E-state index contributed by atoms with van der Waals surface area (Å²) in [7, 11) is 0. The molecule has 4 N–H and O–H groups in total. The molecule has 0 atom stereocenters. The highest BCUT2D eigenvalue weighted by Gasteiger charge is 2.44. The maximum absolute atomic E-state index is 6.08. The third-order valence-electron chi connectivity index (χ3n) is 4.30. The van der Waals surface area contributed by atoms with Crippen molar-refractivity contribution in [2.24, 2.45) is 11.8 Å². The van der Waals surface area contributed by atoms with Crippen LogP contribution in [0.1, 0.15) is 31.7 Å². The molecule has 4 rings (SSSR count). The van der Waals surface area contributed by atoms with Crippen molar-refractivity contribution in [3.05, 3.63) is 18.2 Å². The van der Waals surface area contributed by atoms with Gasteiger partial charge in [0, 0.05) is 16.9 Å². The lowest BCUT2D eigenvalue weighted by molar-refractivity contribution is 0.357. The summed E-state index contributed by atoms with van der Waals surface area (Å²) in [6.07, 6.45) is 5.16. The van der Waals surface area contributed by atoms with Gasteiger partial charge in [-0.25, -0.2) is 4.68 Å². The van der Waals surface area contributed by atoms with Crippen LogP contribution in [-0.2, 0) is 0 Å². The number of aromatic nitrogens is 4. The van der Waals surface area contributed by atoms with Gasteiger partial charge in [-0.05, 0) is 66.1 Å². The minimum atomic E-state index is 0.442. The standard InChI is InChI=1S/C14H18N6/c15-10-5-6-11(12(16)7-10)14-17-18-19-20(14)13(8-1-2-8)9-3-4-9/h5-9,13H,1-4,15-16H2. The van der Waals surface area contributed by atoms with Crippen molar-refractivity contribution < 1.29 is 0 Å². The molecule has 1 aromatic carbocycles. The molecule has 2 aliphatic carbocycles. The minimum Gasteiger partial charge on any atom is -0.399 e. The van der Waals surface area contributed by atoms with Crippen LogP contribution in [0.4, 0.5) is 11.4 Å². The van der Waals surface area contributed by atoms with Crippen LogP contribution in [0.15, 0.2) is 18.2 Å². The van der Waals surface area contributed by atoms with Crippen molar-refractivity contribution in [2.75, 3.05) is 11.5 Å². The van der Waals surface area contributed by atoms with E-state index in [1.54, 1.807) is 6.07 Å². The Morgan fingerprint density at radius 3 is 2.40 bits per heavy atom. The van der Waals surface area contributed by atoms with Crippen LogP contribution in [-0.4, -0.2) is 20.2 Å². The van der Waals surface area contributed by atoms with Crippen molar-refractivity contribution in [1.82, 2.24) is 20.2 Å². The van der Waals surface area contributed by atoms with Crippen molar-refractivity contribution in [2.45, 2.75) is 31.7 Å². The zero-order valence-electron chi connectivity index (χ0n) is 11.2. The van der Waals surface area contributed by atoms with Crippen molar-refractivity contribution in [3.63, 3.8) is 0 Å². The number of benzene rings is 1. The molecular weight excluding hydrogens is 252 g/mol. The van der Waals surface area contributed by atoms with E-state index in [9.17, 15) is 0 Å². The summed E-state index contributed by atoms with van der Waals surface area (Å²) in [5.74, 6) is 2.24. The largest absolute Gasteiger partial charge is 0.399 e. The van der Waals surface area contributed by atoms with Gasteiger partial charge in [0.1, 0.15) is 0 Å². The highest BCUT2D eigenvalue weighted by molar-refractivity contribution is 5.74. The van der Waals surface area contributed by atoms with Crippen LogP contribution in [0.25, 0.3) is 11.4 Å². The van der Waals surface area contributed by atoms with E-state index in [0.717, 1.165) is 23.2 Å².